The second-order valence-corrected chi connectivity index (χ2v) is 4.56. The Bertz CT molecular complexity index is 429. The molecule has 1 aliphatic rings. The van der Waals surface area contributed by atoms with Crippen molar-refractivity contribution in [2.75, 3.05) is 13.7 Å². The standard InChI is InChI=1S/C15H21NO2/c1-3-18-15-10-11(8-9-14(15)17-2)12-6-4-5-7-13(12)16/h4-5,8-10,12-13H,3,6-7,16H2,1-2H3. The zero-order valence-corrected chi connectivity index (χ0v) is 11.1. The molecule has 0 radical (unpaired) electrons. The Morgan fingerprint density at radius 2 is 2.00 bits per heavy atom. The molecule has 0 fully saturated rings. The van der Waals surface area contributed by atoms with Crippen molar-refractivity contribution in [3.05, 3.63) is 35.9 Å². The number of ether oxygens (including phenoxy) is 2. The van der Waals surface area contributed by atoms with Crippen molar-refractivity contribution in [3.8, 4) is 11.5 Å². The average molecular weight is 247 g/mol. The van der Waals surface area contributed by atoms with Crippen LogP contribution in [0.2, 0.25) is 0 Å². The van der Waals surface area contributed by atoms with E-state index in [-0.39, 0.29) is 6.04 Å². The first-order valence-corrected chi connectivity index (χ1v) is 6.47. The van der Waals surface area contributed by atoms with Gasteiger partial charge in [0.1, 0.15) is 0 Å². The molecule has 0 heterocycles. The number of rotatable bonds is 4. The van der Waals surface area contributed by atoms with Gasteiger partial charge in [-0.1, -0.05) is 18.2 Å². The maximum atomic E-state index is 6.18. The summed E-state index contributed by atoms with van der Waals surface area (Å²) >= 11 is 0. The largest absolute Gasteiger partial charge is 0.493 e. The zero-order chi connectivity index (χ0) is 13.0. The Balaban J connectivity index is 2.28. The van der Waals surface area contributed by atoms with Crippen LogP contribution in [-0.4, -0.2) is 19.8 Å². The third-order valence-corrected chi connectivity index (χ3v) is 3.40. The summed E-state index contributed by atoms with van der Waals surface area (Å²) in [6.45, 7) is 2.61. The van der Waals surface area contributed by atoms with Crippen molar-refractivity contribution in [1.29, 1.82) is 0 Å². The average Bonchev–Trinajstić information content (AvgIpc) is 2.40. The highest BCUT2D eigenvalue weighted by atomic mass is 16.5. The van der Waals surface area contributed by atoms with Gasteiger partial charge < -0.3 is 15.2 Å². The fourth-order valence-corrected chi connectivity index (χ4v) is 2.41. The highest BCUT2D eigenvalue weighted by Crippen LogP contribution is 2.35. The topological polar surface area (TPSA) is 44.5 Å². The van der Waals surface area contributed by atoms with Crippen LogP contribution < -0.4 is 15.2 Å². The van der Waals surface area contributed by atoms with E-state index in [2.05, 4.69) is 24.3 Å². The monoisotopic (exact) mass is 247 g/mol. The number of nitrogens with two attached hydrogens (primary N) is 1. The molecule has 2 rings (SSSR count). The molecule has 0 aromatic heterocycles. The summed E-state index contributed by atoms with van der Waals surface area (Å²) in [7, 11) is 1.66. The Morgan fingerprint density at radius 3 is 2.67 bits per heavy atom. The minimum atomic E-state index is 0.192. The van der Waals surface area contributed by atoms with E-state index in [4.69, 9.17) is 15.2 Å². The summed E-state index contributed by atoms with van der Waals surface area (Å²) in [5.74, 6) is 1.96. The van der Waals surface area contributed by atoms with Crippen LogP contribution in [0.4, 0.5) is 0 Å². The quantitative estimate of drug-likeness (QED) is 0.832. The molecule has 18 heavy (non-hydrogen) atoms. The number of methoxy groups -OCH3 is 1. The molecule has 2 atom stereocenters. The SMILES string of the molecule is CCOc1cc(C2CC=CCC2N)ccc1OC. The lowest BCUT2D eigenvalue weighted by Gasteiger charge is -2.26. The van der Waals surface area contributed by atoms with Gasteiger partial charge in [0.25, 0.3) is 0 Å². The van der Waals surface area contributed by atoms with Crippen LogP contribution in [0.15, 0.2) is 30.4 Å². The summed E-state index contributed by atoms with van der Waals surface area (Å²) in [4.78, 5) is 0. The molecule has 0 bridgehead atoms. The predicted octanol–water partition coefficient (Wildman–Crippen LogP) is 2.85. The van der Waals surface area contributed by atoms with Crippen molar-refractivity contribution in [1.82, 2.24) is 0 Å². The van der Waals surface area contributed by atoms with E-state index >= 15 is 0 Å². The Labute approximate surface area is 109 Å². The lowest BCUT2D eigenvalue weighted by molar-refractivity contribution is 0.310. The van der Waals surface area contributed by atoms with Gasteiger partial charge in [-0.25, -0.2) is 0 Å². The predicted molar refractivity (Wildman–Crippen MR) is 73.3 cm³/mol. The molecular weight excluding hydrogens is 226 g/mol. The van der Waals surface area contributed by atoms with E-state index in [0.29, 0.717) is 12.5 Å². The normalized spacial score (nSPS) is 22.8. The zero-order valence-electron chi connectivity index (χ0n) is 11.1. The van der Waals surface area contributed by atoms with Crippen LogP contribution in [0.5, 0.6) is 11.5 Å². The summed E-state index contributed by atoms with van der Waals surface area (Å²) in [6, 6.07) is 6.31. The molecule has 0 amide bonds. The van der Waals surface area contributed by atoms with Crippen molar-refractivity contribution in [2.24, 2.45) is 5.73 Å². The minimum Gasteiger partial charge on any atom is -0.493 e. The van der Waals surface area contributed by atoms with Crippen LogP contribution in [0.25, 0.3) is 0 Å². The third-order valence-electron chi connectivity index (χ3n) is 3.40. The summed E-state index contributed by atoms with van der Waals surface area (Å²) in [5.41, 5.74) is 7.41. The first-order chi connectivity index (χ1) is 8.76. The van der Waals surface area contributed by atoms with Gasteiger partial charge in [0.15, 0.2) is 11.5 Å². The maximum Gasteiger partial charge on any atom is 0.161 e. The van der Waals surface area contributed by atoms with E-state index in [1.165, 1.54) is 5.56 Å². The van der Waals surface area contributed by atoms with E-state index in [1.807, 2.05) is 13.0 Å². The Kier molecular flexibility index (Phi) is 4.26. The van der Waals surface area contributed by atoms with Crippen molar-refractivity contribution >= 4 is 0 Å². The van der Waals surface area contributed by atoms with Gasteiger partial charge in [-0.15, -0.1) is 0 Å². The van der Waals surface area contributed by atoms with Crippen LogP contribution in [0.3, 0.4) is 0 Å². The molecule has 98 valence electrons. The molecular formula is C15H21NO2. The first kappa shape index (κ1) is 13.0. The van der Waals surface area contributed by atoms with Crippen molar-refractivity contribution < 1.29 is 9.47 Å². The summed E-state index contributed by atoms with van der Waals surface area (Å²) < 4.78 is 10.9. The number of hydrogen-bond donors (Lipinski definition) is 1. The molecule has 2 N–H and O–H groups in total. The molecule has 2 unspecified atom stereocenters. The van der Waals surface area contributed by atoms with E-state index < -0.39 is 0 Å². The van der Waals surface area contributed by atoms with E-state index in [9.17, 15) is 0 Å². The van der Waals surface area contributed by atoms with Gasteiger partial charge in [-0.05, 0) is 37.5 Å². The fourth-order valence-electron chi connectivity index (χ4n) is 2.41. The fraction of sp³-hybridized carbons (Fsp3) is 0.467. The molecule has 0 spiro atoms. The van der Waals surface area contributed by atoms with Gasteiger partial charge in [0, 0.05) is 12.0 Å². The smallest absolute Gasteiger partial charge is 0.161 e. The van der Waals surface area contributed by atoms with Gasteiger partial charge in [-0.3, -0.25) is 0 Å². The van der Waals surface area contributed by atoms with Crippen LogP contribution in [-0.2, 0) is 0 Å². The van der Waals surface area contributed by atoms with Crippen LogP contribution in [0.1, 0.15) is 31.2 Å². The van der Waals surface area contributed by atoms with Gasteiger partial charge in [0.2, 0.25) is 0 Å². The minimum absolute atomic E-state index is 0.192. The highest BCUT2D eigenvalue weighted by molar-refractivity contribution is 5.44. The number of allylic oxidation sites excluding steroid dienone is 1. The maximum absolute atomic E-state index is 6.18. The Morgan fingerprint density at radius 1 is 1.22 bits per heavy atom. The van der Waals surface area contributed by atoms with E-state index in [1.54, 1.807) is 7.11 Å². The second-order valence-electron chi connectivity index (χ2n) is 4.56. The van der Waals surface area contributed by atoms with E-state index in [0.717, 1.165) is 24.3 Å². The molecule has 3 heteroatoms. The Hall–Kier alpha value is -1.48. The van der Waals surface area contributed by atoms with Gasteiger partial charge in [0.05, 0.1) is 13.7 Å². The summed E-state index contributed by atoms with van der Waals surface area (Å²) in [5, 5.41) is 0. The number of hydrogen-bond acceptors (Lipinski definition) is 3. The molecule has 1 aromatic rings. The first-order valence-electron chi connectivity index (χ1n) is 6.47. The lowest BCUT2D eigenvalue weighted by Crippen LogP contribution is -2.29. The molecule has 0 saturated carbocycles. The second kappa shape index (κ2) is 5.91. The van der Waals surface area contributed by atoms with Gasteiger partial charge >= 0.3 is 0 Å². The lowest BCUT2D eigenvalue weighted by atomic mass is 9.84. The molecule has 0 aliphatic heterocycles. The van der Waals surface area contributed by atoms with Crippen molar-refractivity contribution in [2.45, 2.75) is 31.7 Å². The third kappa shape index (κ3) is 2.67. The van der Waals surface area contributed by atoms with Gasteiger partial charge in [-0.2, -0.15) is 0 Å². The number of benzene rings is 1. The molecule has 1 aromatic carbocycles. The van der Waals surface area contributed by atoms with Crippen LogP contribution >= 0.6 is 0 Å². The molecule has 1 aliphatic carbocycles. The highest BCUT2D eigenvalue weighted by Gasteiger charge is 2.21. The summed E-state index contributed by atoms with van der Waals surface area (Å²) in [6.07, 6.45) is 6.31. The van der Waals surface area contributed by atoms with Crippen LogP contribution in [0, 0.1) is 0 Å². The van der Waals surface area contributed by atoms with Crippen molar-refractivity contribution in [3.63, 3.8) is 0 Å². The molecule has 3 nitrogen and oxygen atoms in total. The molecule has 0 saturated heterocycles.